The molecule has 0 spiro atoms. The maximum atomic E-state index is 13.2. The predicted octanol–water partition coefficient (Wildman–Crippen LogP) is 5.42. The average molecular weight is 354 g/mol. The van der Waals surface area contributed by atoms with Crippen LogP contribution in [0.3, 0.4) is 0 Å². The van der Waals surface area contributed by atoms with Crippen molar-refractivity contribution in [2.45, 2.75) is 0 Å². The van der Waals surface area contributed by atoms with E-state index in [0.717, 1.165) is 20.1 Å². The Hall–Kier alpha value is -2.57. The van der Waals surface area contributed by atoms with Crippen LogP contribution >= 0.6 is 22.7 Å². The lowest BCUT2D eigenvalue weighted by Gasteiger charge is -2.02. The van der Waals surface area contributed by atoms with Gasteiger partial charge in [0.15, 0.2) is 0 Å². The number of anilines is 1. The number of nitrogens with zero attached hydrogens (tertiary/aromatic N) is 1. The van der Waals surface area contributed by atoms with Crippen molar-refractivity contribution in [2.24, 2.45) is 0 Å². The molecule has 0 aliphatic rings. The SMILES string of the molecule is O=C(Nc1cccc(F)c1)c1ccc(-c2nc3ccccc3s2)s1. The van der Waals surface area contributed by atoms with E-state index < -0.39 is 0 Å². The molecule has 0 radical (unpaired) electrons. The number of hydrogen-bond donors (Lipinski definition) is 1. The summed E-state index contributed by atoms with van der Waals surface area (Å²) < 4.78 is 14.3. The molecule has 0 bridgehead atoms. The van der Waals surface area contributed by atoms with Crippen molar-refractivity contribution in [1.82, 2.24) is 4.98 Å². The first kappa shape index (κ1) is 15.0. The summed E-state index contributed by atoms with van der Waals surface area (Å²) in [6, 6.07) is 17.4. The number of fused-ring (bicyclic) bond motifs is 1. The molecule has 118 valence electrons. The van der Waals surface area contributed by atoms with E-state index in [1.807, 2.05) is 30.3 Å². The fourth-order valence-corrected chi connectivity index (χ4v) is 4.23. The van der Waals surface area contributed by atoms with Crippen LogP contribution in [0.25, 0.3) is 20.1 Å². The first-order valence-electron chi connectivity index (χ1n) is 7.22. The molecule has 2 heterocycles. The Kier molecular flexibility index (Phi) is 3.84. The zero-order chi connectivity index (χ0) is 16.5. The van der Waals surface area contributed by atoms with Gasteiger partial charge in [-0.25, -0.2) is 9.37 Å². The molecular formula is C18H11FN2OS2. The summed E-state index contributed by atoms with van der Waals surface area (Å²) in [7, 11) is 0. The van der Waals surface area contributed by atoms with Crippen LogP contribution in [0.15, 0.2) is 60.7 Å². The van der Waals surface area contributed by atoms with Gasteiger partial charge in [0.1, 0.15) is 10.8 Å². The number of carbonyl (C=O) groups is 1. The number of aromatic nitrogens is 1. The number of amides is 1. The second-order valence-electron chi connectivity index (χ2n) is 5.12. The molecule has 2 aromatic heterocycles. The van der Waals surface area contributed by atoms with Gasteiger partial charge in [0, 0.05) is 5.69 Å². The van der Waals surface area contributed by atoms with E-state index in [0.29, 0.717) is 10.6 Å². The van der Waals surface area contributed by atoms with E-state index >= 15 is 0 Å². The Labute approximate surface area is 145 Å². The highest BCUT2D eigenvalue weighted by Gasteiger charge is 2.13. The molecule has 0 aliphatic heterocycles. The molecule has 1 amide bonds. The number of benzene rings is 2. The lowest BCUT2D eigenvalue weighted by Crippen LogP contribution is -2.09. The van der Waals surface area contributed by atoms with E-state index in [1.165, 1.54) is 23.5 Å². The van der Waals surface area contributed by atoms with Gasteiger partial charge in [-0.3, -0.25) is 4.79 Å². The second-order valence-corrected chi connectivity index (χ2v) is 7.23. The monoisotopic (exact) mass is 354 g/mol. The lowest BCUT2D eigenvalue weighted by atomic mass is 10.3. The summed E-state index contributed by atoms with van der Waals surface area (Å²) in [5.41, 5.74) is 1.39. The Morgan fingerprint density at radius 2 is 1.88 bits per heavy atom. The van der Waals surface area contributed by atoms with Crippen LogP contribution in [0.5, 0.6) is 0 Å². The molecule has 0 fully saturated rings. The van der Waals surface area contributed by atoms with E-state index in [9.17, 15) is 9.18 Å². The van der Waals surface area contributed by atoms with Gasteiger partial charge in [-0.15, -0.1) is 22.7 Å². The first-order valence-corrected chi connectivity index (χ1v) is 8.85. The molecule has 2 aromatic carbocycles. The van der Waals surface area contributed by atoms with Gasteiger partial charge in [0.25, 0.3) is 5.91 Å². The largest absolute Gasteiger partial charge is 0.321 e. The quantitative estimate of drug-likeness (QED) is 0.534. The molecule has 0 saturated carbocycles. The fourth-order valence-electron chi connectivity index (χ4n) is 2.31. The zero-order valence-corrected chi connectivity index (χ0v) is 14.0. The number of carbonyl (C=O) groups excluding carboxylic acids is 1. The fraction of sp³-hybridized carbons (Fsp3) is 0. The van der Waals surface area contributed by atoms with Crippen LogP contribution < -0.4 is 5.32 Å². The molecular weight excluding hydrogens is 343 g/mol. The molecule has 0 unspecified atom stereocenters. The summed E-state index contributed by atoms with van der Waals surface area (Å²) in [5, 5.41) is 3.60. The number of thiazole rings is 1. The average Bonchev–Trinajstić information content (AvgIpc) is 3.21. The summed E-state index contributed by atoms with van der Waals surface area (Å²) in [6.07, 6.45) is 0. The smallest absolute Gasteiger partial charge is 0.265 e. The number of rotatable bonds is 3. The van der Waals surface area contributed by atoms with E-state index in [2.05, 4.69) is 10.3 Å². The highest BCUT2D eigenvalue weighted by molar-refractivity contribution is 7.26. The zero-order valence-electron chi connectivity index (χ0n) is 12.3. The third kappa shape index (κ3) is 2.93. The standard InChI is InChI=1S/C18H11FN2OS2/c19-11-4-3-5-12(10-11)20-17(22)15-8-9-16(23-15)18-21-13-6-1-2-7-14(13)24-18/h1-10H,(H,20,22). The Morgan fingerprint density at radius 3 is 2.71 bits per heavy atom. The maximum absolute atomic E-state index is 13.2. The Bertz CT molecular complexity index is 1010. The van der Waals surface area contributed by atoms with Crippen molar-refractivity contribution < 1.29 is 9.18 Å². The number of nitrogens with one attached hydrogen (secondary N) is 1. The van der Waals surface area contributed by atoms with Crippen molar-refractivity contribution in [3.8, 4) is 9.88 Å². The highest BCUT2D eigenvalue weighted by atomic mass is 32.1. The topological polar surface area (TPSA) is 42.0 Å². The molecule has 4 aromatic rings. The predicted molar refractivity (Wildman–Crippen MR) is 97.3 cm³/mol. The van der Waals surface area contributed by atoms with Crippen molar-refractivity contribution in [2.75, 3.05) is 5.32 Å². The Balaban J connectivity index is 1.58. The molecule has 24 heavy (non-hydrogen) atoms. The molecule has 0 aliphatic carbocycles. The summed E-state index contributed by atoms with van der Waals surface area (Å²) in [5.74, 6) is -0.632. The van der Waals surface area contributed by atoms with Crippen molar-refractivity contribution in [3.63, 3.8) is 0 Å². The Morgan fingerprint density at radius 1 is 1.00 bits per heavy atom. The minimum absolute atomic E-state index is 0.252. The first-order chi connectivity index (χ1) is 11.7. The van der Waals surface area contributed by atoms with Crippen LogP contribution in [0.4, 0.5) is 10.1 Å². The minimum Gasteiger partial charge on any atom is -0.321 e. The summed E-state index contributed by atoms with van der Waals surface area (Å²) in [6.45, 7) is 0. The van der Waals surface area contributed by atoms with Crippen molar-refractivity contribution in [3.05, 3.63) is 71.4 Å². The third-order valence-corrected chi connectivity index (χ3v) is 5.71. The summed E-state index contributed by atoms with van der Waals surface area (Å²) in [4.78, 5) is 18.4. The molecule has 1 N–H and O–H groups in total. The van der Waals surface area contributed by atoms with Crippen LogP contribution in [0.2, 0.25) is 0 Å². The number of halogens is 1. The van der Waals surface area contributed by atoms with Gasteiger partial charge in [0.05, 0.1) is 20.0 Å². The normalized spacial score (nSPS) is 10.9. The number of thiophene rings is 1. The minimum atomic E-state index is -0.380. The van der Waals surface area contributed by atoms with Gasteiger partial charge < -0.3 is 5.32 Å². The van der Waals surface area contributed by atoms with Gasteiger partial charge in [0.2, 0.25) is 0 Å². The van der Waals surface area contributed by atoms with Crippen LogP contribution in [-0.2, 0) is 0 Å². The molecule has 4 rings (SSSR count). The van der Waals surface area contributed by atoms with Gasteiger partial charge in [-0.2, -0.15) is 0 Å². The van der Waals surface area contributed by atoms with Crippen LogP contribution in [-0.4, -0.2) is 10.9 Å². The van der Waals surface area contributed by atoms with Crippen molar-refractivity contribution in [1.29, 1.82) is 0 Å². The highest BCUT2D eigenvalue weighted by Crippen LogP contribution is 2.34. The summed E-state index contributed by atoms with van der Waals surface area (Å²) >= 11 is 2.97. The number of hydrogen-bond acceptors (Lipinski definition) is 4. The maximum Gasteiger partial charge on any atom is 0.265 e. The van der Waals surface area contributed by atoms with Gasteiger partial charge in [-0.1, -0.05) is 18.2 Å². The third-order valence-electron chi connectivity index (χ3n) is 3.42. The van der Waals surface area contributed by atoms with Gasteiger partial charge >= 0.3 is 0 Å². The molecule has 0 atom stereocenters. The van der Waals surface area contributed by atoms with Crippen LogP contribution in [0.1, 0.15) is 9.67 Å². The van der Waals surface area contributed by atoms with Crippen molar-refractivity contribution >= 4 is 44.5 Å². The lowest BCUT2D eigenvalue weighted by molar-refractivity contribution is 0.103. The molecule has 0 saturated heterocycles. The second kappa shape index (κ2) is 6.14. The molecule has 3 nitrogen and oxygen atoms in total. The van der Waals surface area contributed by atoms with E-state index in [-0.39, 0.29) is 11.7 Å². The number of para-hydroxylation sites is 1. The van der Waals surface area contributed by atoms with Crippen LogP contribution in [0, 0.1) is 5.82 Å². The van der Waals surface area contributed by atoms with E-state index in [4.69, 9.17) is 0 Å². The van der Waals surface area contributed by atoms with E-state index in [1.54, 1.807) is 29.5 Å². The molecule has 6 heteroatoms. The van der Waals surface area contributed by atoms with Gasteiger partial charge in [-0.05, 0) is 42.5 Å².